The largest absolute Gasteiger partial charge is 0.394 e. The molecule has 3 N–H and O–H groups in total. The fourth-order valence-electron chi connectivity index (χ4n) is 2.67. The van der Waals surface area contributed by atoms with Gasteiger partial charge in [-0.3, -0.25) is 0 Å². The Balaban J connectivity index is 2.49. The van der Waals surface area contributed by atoms with Crippen molar-refractivity contribution in [1.82, 2.24) is 0 Å². The van der Waals surface area contributed by atoms with Crippen LogP contribution in [0.4, 0.5) is 0 Å². The van der Waals surface area contributed by atoms with Crippen molar-refractivity contribution >= 4 is 0 Å². The van der Waals surface area contributed by atoms with E-state index < -0.39 is 18.3 Å². The summed E-state index contributed by atoms with van der Waals surface area (Å²) in [5, 5.41) is 30.7. The van der Waals surface area contributed by atoms with Crippen molar-refractivity contribution in [3.05, 3.63) is 70.8 Å². The molecule has 3 nitrogen and oxygen atoms in total. The molecule has 0 heterocycles. The first-order valence-corrected chi connectivity index (χ1v) is 7.11. The molecule has 0 bridgehead atoms. The van der Waals surface area contributed by atoms with Gasteiger partial charge in [0.15, 0.2) is 0 Å². The van der Waals surface area contributed by atoms with E-state index in [0.29, 0.717) is 5.56 Å². The number of hydrogen-bond donors (Lipinski definition) is 3. The predicted octanol–water partition coefficient (Wildman–Crippen LogP) is 2.09. The molecule has 112 valence electrons. The molecule has 2 atom stereocenters. The predicted molar refractivity (Wildman–Crippen MR) is 83.1 cm³/mol. The summed E-state index contributed by atoms with van der Waals surface area (Å²) >= 11 is 0. The molecule has 0 amide bonds. The second-order valence-electron chi connectivity index (χ2n) is 5.53. The van der Waals surface area contributed by atoms with Crippen LogP contribution in [0.25, 0.3) is 0 Å². The summed E-state index contributed by atoms with van der Waals surface area (Å²) in [5.74, 6) is 0. The maximum Gasteiger partial charge on any atom is 0.122 e. The summed E-state index contributed by atoms with van der Waals surface area (Å²) in [6, 6.07) is 15.1. The minimum Gasteiger partial charge on any atom is -0.394 e. The summed E-state index contributed by atoms with van der Waals surface area (Å²) in [7, 11) is 0. The summed E-state index contributed by atoms with van der Waals surface area (Å²) in [5.41, 5.74) is 2.04. The number of aryl methyl sites for hydroxylation is 1. The zero-order valence-corrected chi connectivity index (χ0v) is 12.5. The SMILES string of the molecule is Cc1cccc(C(O)(Cc2ccccc2)C(O)CO)c1C. The van der Waals surface area contributed by atoms with Crippen molar-refractivity contribution in [1.29, 1.82) is 0 Å². The molecule has 2 unspecified atom stereocenters. The smallest absolute Gasteiger partial charge is 0.122 e. The normalized spacial score (nSPS) is 15.5. The Morgan fingerprint density at radius 3 is 2.29 bits per heavy atom. The molecule has 2 aromatic rings. The molecule has 3 heteroatoms. The van der Waals surface area contributed by atoms with Crippen LogP contribution < -0.4 is 0 Å². The van der Waals surface area contributed by atoms with Crippen LogP contribution >= 0.6 is 0 Å². The van der Waals surface area contributed by atoms with Crippen molar-refractivity contribution in [2.75, 3.05) is 6.61 Å². The fraction of sp³-hybridized carbons (Fsp3) is 0.333. The summed E-state index contributed by atoms with van der Waals surface area (Å²) in [4.78, 5) is 0. The molecule has 0 aliphatic carbocycles. The van der Waals surface area contributed by atoms with Gasteiger partial charge in [0, 0.05) is 6.42 Å². The van der Waals surface area contributed by atoms with Crippen LogP contribution in [0.1, 0.15) is 22.3 Å². The highest BCUT2D eigenvalue weighted by atomic mass is 16.4. The fourth-order valence-corrected chi connectivity index (χ4v) is 2.67. The van der Waals surface area contributed by atoms with Gasteiger partial charge in [0.1, 0.15) is 11.7 Å². The molecule has 0 aliphatic heterocycles. The highest BCUT2D eigenvalue weighted by molar-refractivity contribution is 5.39. The van der Waals surface area contributed by atoms with E-state index in [4.69, 9.17) is 0 Å². The first kappa shape index (κ1) is 15.7. The van der Waals surface area contributed by atoms with Crippen molar-refractivity contribution in [2.45, 2.75) is 32.0 Å². The maximum atomic E-state index is 11.1. The third-order valence-electron chi connectivity index (χ3n) is 4.11. The van der Waals surface area contributed by atoms with E-state index >= 15 is 0 Å². The lowest BCUT2D eigenvalue weighted by molar-refractivity contribution is -0.100. The van der Waals surface area contributed by atoms with Gasteiger partial charge in [-0.25, -0.2) is 0 Å². The van der Waals surface area contributed by atoms with Gasteiger partial charge >= 0.3 is 0 Å². The van der Waals surface area contributed by atoms with E-state index in [1.165, 1.54) is 0 Å². The Hall–Kier alpha value is -1.68. The number of rotatable bonds is 5. The number of aliphatic hydroxyl groups is 3. The van der Waals surface area contributed by atoms with E-state index in [9.17, 15) is 15.3 Å². The summed E-state index contributed by atoms with van der Waals surface area (Å²) in [6.45, 7) is 3.40. The van der Waals surface area contributed by atoms with E-state index in [1.807, 2.05) is 62.4 Å². The van der Waals surface area contributed by atoms with Gasteiger partial charge < -0.3 is 15.3 Å². The molecule has 0 aromatic heterocycles. The van der Waals surface area contributed by atoms with Gasteiger partial charge in [-0.2, -0.15) is 0 Å². The van der Waals surface area contributed by atoms with Crippen molar-refractivity contribution in [2.24, 2.45) is 0 Å². The third kappa shape index (κ3) is 3.16. The number of aliphatic hydroxyl groups excluding tert-OH is 2. The van der Waals surface area contributed by atoms with E-state index in [0.717, 1.165) is 16.7 Å². The molecule has 0 fully saturated rings. The molecular weight excluding hydrogens is 264 g/mol. The molecule has 0 radical (unpaired) electrons. The van der Waals surface area contributed by atoms with Crippen LogP contribution in [-0.2, 0) is 12.0 Å². The topological polar surface area (TPSA) is 60.7 Å². The molecule has 0 spiro atoms. The lowest BCUT2D eigenvalue weighted by Crippen LogP contribution is -2.44. The summed E-state index contributed by atoms with van der Waals surface area (Å²) in [6.07, 6.45) is -0.988. The van der Waals surface area contributed by atoms with Crippen molar-refractivity contribution in [3.8, 4) is 0 Å². The van der Waals surface area contributed by atoms with Crippen molar-refractivity contribution < 1.29 is 15.3 Å². The molecule has 2 aromatic carbocycles. The first-order valence-electron chi connectivity index (χ1n) is 7.11. The highest BCUT2D eigenvalue weighted by Crippen LogP contribution is 2.33. The van der Waals surface area contributed by atoms with Crippen molar-refractivity contribution in [3.63, 3.8) is 0 Å². The lowest BCUT2D eigenvalue weighted by Gasteiger charge is -2.34. The highest BCUT2D eigenvalue weighted by Gasteiger charge is 2.38. The maximum absolute atomic E-state index is 11.1. The molecular formula is C18H22O3. The van der Waals surface area contributed by atoms with Gasteiger partial charge in [0.25, 0.3) is 0 Å². The van der Waals surface area contributed by atoms with Crippen LogP contribution in [0, 0.1) is 13.8 Å². The van der Waals surface area contributed by atoms with Gasteiger partial charge in [-0.15, -0.1) is 0 Å². The number of benzene rings is 2. The minimum absolute atomic E-state index is 0.250. The van der Waals surface area contributed by atoms with Gasteiger partial charge in [-0.1, -0.05) is 48.5 Å². The lowest BCUT2D eigenvalue weighted by atomic mass is 9.80. The van der Waals surface area contributed by atoms with Crippen LogP contribution in [-0.4, -0.2) is 28.0 Å². The zero-order chi connectivity index (χ0) is 15.5. The molecule has 0 aliphatic rings. The van der Waals surface area contributed by atoms with E-state index in [2.05, 4.69) is 0 Å². The van der Waals surface area contributed by atoms with Crippen LogP contribution in [0.3, 0.4) is 0 Å². The Kier molecular flexibility index (Phi) is 4.78. The Labute approximate surface area is 125 Å². The standard InChI is InChI=1S/C18H22O3/c1-13-7-6-10-16(14(13)2)18(21,17(20)12-19)11-15-8-4-3-5-9-15/h3-10,17,19-21H,11-12H2,1-2H3. The molecule has 0 saturated heterocycles. The third-order valence-corrected chi connectivity index (χ3v) is 4.11. The zero-order valence-electron chi connectivity index (χ0n) is 12.5. The first-order chi connectivity index (χ1) is 9.99. The van der Waals surface area contributed by atoms with Gasteiger partial charge in [0.05, 0.1) is 6.61 Å². The molecule has 2 rings (SSSR count). The minimum atomic E-state index is -1.51. The van der Waals surface area contributed by atoms with Gasteiger partial charge in [-0.05, 0) is 36.1 Å². The monoisotopic (exact) mass is 286 g/mol. The Morgan fingerprint density at radius 2 is 1.67 bits per heavy atom. The van der Waals surface area contributed by atoms with E-state index in [1.54, 1.807) is 0 Å². The average Bonchev–Trinajstić information content (AvgIpc) is 2.50. The average molecular weight is 286 g/mol. The Bertz CT molecular complexity index is 595. The quantitative estimate of drug-likeness (QED) is 0.788. The van der Waals surface area contributed by atoms with Crippen LogP contribution in [0.5, 0.6) is 0 Å². The van der Waals surface area contributed by atoms with Crippen LogP contribution in [0.2, 0.25) is 0 Å². The number of hydrogen-bond acceptors (Lipinski definition) is 3. The molecule has 0 saturated carbocycles. The Morgan fingerprint density at radius 1 is 1.00 bits per heavy atom. The van der Waals surface area contributed by atoms with Gasteiger partial charge in [0.2, 0.25) is 0 Å². The second-order valence-corrected chi connectivity index (χ2v) is 5.53. The summed E-state index contributed by atoms with van der Waals surface area (Å²) < 4.78 is 0. The molecule has 21 heavy (non-hydrogen) atoms. The van der Waals surface area contributed by atoms with Crippen LogP contribution in [0.15, 0.2) is 48.5 Å². The van der Waals surface area contributed by atoms with E-state index in [-0.39, 0.29) is 6.42 Å². The second kappa shape index (κ2) is 6.39.